The van der Waals surface area contributed by atoms with Gasteiger partial charge in [0, 0.05) is 25.2 Å². The lowest BCUT2D eigenvalue weighted by Crippen LogP contribution is -2.26. The summed E-state index contributed by atoms with van der Waals surface area (Å²) in [5.74, 6) is 1.83. The molecule has 0 spiro atoms. The van der Waals surface area contributed by atoms with Gasteiger partial charge in [0.2, 0.25) is 0 Å². The van der Waals surface area contributed by atoms with Crippen LogP contribution in [0.4, 0.5) is 5.82 Å². The van der Waals surface area contributed by atoms with Crippen LogP contribution in [0, 0.1) is 0 Å². The zero-order valence-electron chi connectivity index (χ0n) is 11.0. The maximum atomic E-state index is 5.92. The minimum atomic E-state index is 0.265. The summed E-state index contributed by atoms with van der Waals surface area (Å²) in [6.07, 6.45) is 1.03. The van der Waals surface area contributed by atoms with Gasteiger partial charge in [0.05, 0.1) is 12.8 Å². The number of nitrogens with one attached hydrogen (secondary N) is 1. The van der Waals surface area contributed by atoms with Gasteiger partial charge in [-0.05, 0) is 36.2 Å². The predicted octanol–water partition coefficient (Wildman–Crippen LogP) is 1.62. The minimum absolute atomic E-state index is 0.265. The summed E-state index contributed by atoms with van der Waals surface area (Å²) in [7, 11) is 1.67. The molecule has 100 valence electrons. The summed E-state index contributed by atoms with van der Waals surface area (Å²) in [4.78, 5) is 2.22. The van der Waals surface area contributed by atoms with Gasteiger partial charge >= 0.3 is 0 Å². The smallest absolute Gasteiger partial charge is 0.151 e. The van der Waals surface area contributed by atoms with Crippen molar-refractivity contribution in [3.8, 4) is 17.0 Å². The van der Waals surface area contributed by atoms with E-state index in [1.165, 1.54) is 0 Å². The van der Waals surface area contributed by atoms with E-state index in [4.69, 9.17) is 10.5 Å². The zero-order chi connectivity index (χ0) is 13.2. The molecule has 5 heteroatoms. The van der Waals surface area contributed by atoms with Crippen molar-refractivity contribution in [2.45, 2.75) is 12.5 Å². The summed E-state index contributed by atoms with van der Waals surface area (Å²) < 4.78 is 5.16. The summed E-state index contributed by atoms with van der Waals surface area (Å²) in [6.45, 7) is 1.86. The molecular weight excluding hydrogens is 240 g/mol. The number of aromatic nitrogens is 2. The van der Waals surface area contributed by atoms with Crippen molar-refractivity contribution in [2.75, 3.05) is 25.1 Å². The van der Waals surface area contributed by atoms with E-state index >= 15 is 0 Å². The Hall–Kier alpha value is -2.01. The van der Waals surface area contributed by atoms with Crippen LogP contribution in [0.5, 0.6) is 5.75 Å². The molecule has 1 unspecified atom stereocenters. The first-order valence-electron chi connectivity index (χ1n) is 6.46. The molecule has 1 fully saturated rings. The molecule has 0 bridgehead atoms. The Morgan fingerprint density at radius 1 is 1.37 bits per heavy atom. The van der Waals surface area contributed by atoms with Crippen LogP contribution in [0.25, 0.3) is 11.3 Å². The third-order valence-electron chi connectivity index (χ3n) is 3.51. The standard InChI is InChI=1S/C14H18N4O/c1-19-12-4-2-10(3-5-12)13-8-14(17-16-13)18-7-6-11(15)9-18/h2-5,8,11H,6-7,9,15H2,1H3,(H,16,17). The van der Waals surface area contributed by atoms with Crippen molar-refractivity contribution in [1.82, 2.24) is 10.2 Å². The zero-order valence-corrected chi connectivity index (χ0v) is 11.0. The van der Waals surface area contributed by atoms with Crippen LogP contribution in [-0.4, -0.2) is 36.4 Å². The van der Waals surface area contributed by atoms with E-state index in [0.717, 1.165) is 42.3 Å². The van der Waals surface area contributed by atoms with Gasteiger partial charge < -0.3 is 15.4 Å². The lowest BCUT2D eigenvalue weighted by Gasteiger charge is -2.13. The minimum Gasteiger partial charge on any atom is -0.497 e. The number of ether oxygens (including phenoxy) is 1. The van der Waals surface area contributed by atoms with Gasteiger partial charge in [-0.25, -0.2) is 0 Å². The number of hydrogen-bond acceptors (Lipinski definition) is 4. The molecule has 2 heterocycles. The first-order chi connectivity index (χ1) is 9.26. The summed E-state index contributed by atoms with van der Waals surface area (Å²) in [5.41, 5.74) is 8.03. The van der Waals surface area contributed by atoms with Gasteiger partial charge in [-0.2, -0.15) is 5.10 Å². The van der Waals surface area contributed by atoms with Gasteiger partial charge in [-0.1, -0.05) is 0 Å². The highest BCUT2D eigenvalue weighted by atomic mass is 16.5. The molecule has 5 nitrogen and oxygen atoms in total. The van der Waals surface area contributed by atoms with Crippen molar-refractivity contribution in [2.24, 2.45) is 5.73 Å². The van der Waals surface area contributed by atoms with Crippen LogP contribution in [0.15, 0.2) is 30.3 Å². The molecule has 1 aliphatic rings. The van der Waals surface area contributed by atoms with E-state index in [0.29, 0.717) is 0 Å². The van der Waals surface area contributed by atoms with Crippen molar-refractivity contribution in [3.05, 3.63) is 30.3 Å². The molecule has 0 radical (unpaired) electrons. The summed E-state index contributed by atoms with van der Waals surface area (Å²) in [6, 6.07) is 10.3. The van der Waals surface area contributed by atoms with Crippen LogP contribution in [0.2, 0.25) is 0 Å². The number of anilines is 1. The second-order valence-corrected chi connectivity index (χ2v) is 4.86. The molecule has 2 aromatic rings. The monoisotopic (exact) mass is 258 g/mol. The first-order valence-corrected chi connectivity index (χ1v) is 6.46. The molecule has 1 atom stereocenters. The molecule has 0 aliphatic carbocycles. The highest BCUT2D eigenvalue weighted by Gasteiger charge is 2.21. The lowest BCUT2D eigenvalue weighted by atomic mass is 10.1. The van der Waals surface area contributed by atoms with Crippen LogP contribution in [0.3, 0.4) is 0 Å². The molecule has 1 aliphatic heterocycles. The largest absolute Gasteiger partial charge is 0.497 e. The topological polar surface area (TPSA) is 67.2 Å². The van der Waals surface area contributed by atoms with Gasteiger partial charge in [-0.3, -0.25) is 5.10 Å². The maximum Gasteiger partial charge on any atom is 0.151 e. The molecular formula is C14H18N4O. The van der Waals surface area contributed by atoms with Gasteiger partial charge in [0.1, 0.15) is 5.75 Å². The number of benzene rings is 1. The molecule has 1 saturated heterocycles. The SMILES string of the molecule is COc1ccc(-c2cc(N3CCC(N)C3)n[nH]2)cc1. The molecule has 1 aromatic carbocycles. The predicted molar refractivity (Wildman–Crippen MR) is 75.4 cm³/mol. The molecule has 19 heavy (non-hydrogen) atoms. The van der Waals surface area contributed by atoms with Crippen LogP contribution >= 0.6 is 0 Å². The molecule has 0 saturated carbocycles. The van der Waals surface area contributed by atoms with Crippen molar-refractivity contribution >= 4 is 5.82 Å². The van der Waals surface area contributed by atoms with Crippen molar-refractivity contribution in [3.63, 3.8) is 0 Å². The van der Waals surface area contributed by atoms with Gasteiger partial charge in [0.25, 0.3) is 0 Å². The highest BCUT2D eigenvalue weighted by molar-refractivity contribution is 5.64. The maximum absolute atomic E-state index is 5.92. The number of H-pyrrole nitrogens is 1. The van der Waals surface area contributed by atoms with E-state index in [1.54, 1.807) is 7.11 Å². The Balaban J connectivity index is 1.80. The van der Waals surface area contributed by atoms with Crippen LogP contribution in [-0.2, 0) is 0 Å². The second-order valence-electron chi connectivity index (χ2n) is 4.86. The van der Waals surface area contributed by atoms with E-state index in [-0.39, 0.29) is 6.04 Å². The number of nitrogens with two attached hydrogens (primary N) is 1. The Labute approximate surface area is 112 Å². The lowest BCUT2D eigenvalue weighted by molar-refractivity contribution is 0.415. The van der Waals surface area contributed by atoms with E-state index < -0.39 is 0 Å². The number of hydrogen-bond donors (Lipinski definition) is 2. The fourth-order valence-electron chi connectivity index (χ4n) is 2.39. The van der Waals surface area contributed by atoms with Gasteiger partial charge in [-0.15, -0.1) is 0 Å². The molecule has 0 amide bonds. The van der Waals surface area contributed by atoms with E-state index in [1.807, 2.05) is 24.3 Å². The Kier molecular flexibility index (Phi) is 3.13. The third-order valence-corrected chi connectivity index (χ3v) is 3.51. The Morgan fingerprint density at radius 2 is 2.16 bits per heavy atom. The Bertz CT molecular complexity index is 549. The quantitative estimate of drug-likeness (QED) is 0.878. The average Bonchev–Trinajstić information content (AvgIpc) is 3.07. The molecule has 3 rings (SSSR count). The molecule has 3 N–H and O–H groups in total. The van der Waals surface area contributed by atoms with Gasteiger partial charge in [0.15, 0.2) is 5.82 Å². The van der Waals surface area contributed by atoms with E-state index in [2.05, 4.69) is 21.2 Å². The third kappa shape index (κ3) is 2.42. The van der Waals surface area contributed by atoms with Crippen LogP contribution < -0.4 is 15.4 Å². The normalized spacial score (nSPS) is 18.8. The van der Waals surface area contributed by atoms with Crippen molar-refractivity contribution < 1.29 is 4.74 Å². The highest BCUT2D eigenvalue weighted by Crippen LogP contribution is 2.25. The fourth-order valence-corrected chi connectivity index (χ4v) is 2.39. The molecule has 1 aromatic heterocycles. The summed E-state index contributed by atoms with van der Waals surface area (Å²) >= 11 is 0. The van der Waals surface area contributed by atoms with E-state index in [9.17, 15) is 0 Å². The number of aromatic amines is 1. The number of nitrogens with zero attached hydrogens (tertiary/aromatic N) is 2. The Morgan fingerprint density at radius 3 is 2.79 bits per heavy atom. The number of methoxy groups -OCH3 is 1. The first kappa shape index (κ1) is 12.0. The van der Waals surface area contributed by atoms with Crippen LogP contribution in [0.1, 0.15) is 6.42 Å². The average molecular weight is 258 g/mol. The summed E-state index contributed by atoms with van der Waals surface area (Å²) in [5, 5.41) is 7.44. The number of rotatable bonds is 3. The van der Waals surface area contributed by atoms with Crippen molar-refractivity contribution in [1.29, 1.82) is 0 Å². The fraction of sp³-hybridized carbons (Fsp3) is 0.357. The second kappa shape index (κ2) is 4.93.